The molecular formula is C23H26O2Sn. The first kappa shape index (κ1) is 19.1. The third-order valence-electron chi connectivity index (χ3n) is 5.10. The Labute approximate surface area is 160 Å². The molecule has 0 bridgehead atoms. The SMILES string of the molecule is OCC(O)CC[CH2][Sn]([c]1ccccc1)([c]1ccccc1)[c]1ccccc1. The van der Waals surface area contributed by atoms with E-state index in [0.717, 1.165) is 10.9 Å². The number of rotatable bonds is 8. The summed E-state index contributed by atoms with van der Waals surface area (Å²) < 4.78 is 5.44. The van der Waals surface area contributed by atoms with Crippen LogP contribution in [0.4, 0.5) is 0 Å². The van der Waals surface area contributed by atoms with Crippen molar-refractivity contribution in [3.05, 3.63) is 91.0 Å². The van der Waals surface area contributed by atoms with Crippen molar-refractivity contribution in [2.45, 2.75) is 23.4 Å². The summed E-state index contributed by atoms with van der Waals surface area (Å²) in [5.74, 6) is 0. The van der Waals surface area contributed by atoms with Gasteiger partial charge in [-0.05, 0) is 0 Å². The molecule has 0 heterocycles. The number of hydrogen-bond acceptors (Lipinski definition) is 2. The monoisotopic (exact) mass is 454 g/mol. The quantitative estimate of drug-likeness (QED) is 0.515. The molecule has 0 amide bonds. The summed E-state index contributed by atoms with van der Waals surface area (Å²) in [6.45, 7) is -0.162. The first-order valence-corrected chi connectivity index (χ1v) is 15.5. The molecule has 2 nitrogen and oxygen atoms in total. The minimum absolute atomic E-state index is 0.162. The van der Waals surface area contributed by atoms with Gasteiger partial charge in [0.15, 0.2) is 0 Å². The van der Waals surface area contributed by atoms with Crippen molar-refractivity contribution < 1.29 is 10.2 Å². The fourth-order valence-corrected chi connectivity index (χ4v) is 17.7. The van der Waals surface area contributed by atoms with Gasteiger partial charge in [-0.15, -0.1) is 0 Å². The van der Waals surface area contributed by atoms with Crippen LogP contribution in [0.3, 0.4) is 0 Å². The number of aliphatic hydroxyl groups is 2. The summed E-state index contributed by atoms with van der Waals surface area (Å²) in [7, 11) is 0. The molecule has 3 aromatic rings. The van der Waals surface area contributed by atoms with Crippen molar-refractivity contribution in [3.63, 3.8) is 0 Å². The van der Waals surface area contributed by atoms with Crippen LogP contribution in [0.5, 0.6) is 0 Å². The molecule has 1 atom stereocenters. The molecule has 0 aliphatic carbocycles. The van der Waals surface area contributed by atoms with E-state index in [1.165, 1.54) is 10.7 Å². The molecule has 134 valence electrons. The summed E-state index contributed by atoms with van der Waals surface area (Å²) in [4.78, 5) is 0. The van der Waals surface area contributed by atoms with Gasteiger partial charge in [0.05, 0.1) is 0 Å². The number of hydrogen-bond donors (Lipinski definition) is 2. The van der Waals surface area contributed by atoms with Crippen molar-refractivity contribution in [1.29, 1.82) is 0 Å². The Bertz CT molecular complexity index is 678. The van der Waals surface area contributed by atoms with Crippen LogP contribution in [0.15, 0.2) is 91.0 Å². The van der Waals surface area contributed by atoms with Crippen molar-refractivity contribution in [3.8, 4) is 0 Å². The summed E-state index contributed by atoms with van der Waals surface area (Å²) >= 11 is -3.18. The van der Waals surface area contributed by atoms with E-state index in [0.29, 0.717) is 6.42 Å². The average Bonchev–Trinajstić information content (AvgIpc) is 2.73. The van der Waals surface area contributed by atoms with Crippen LogP contribution in [-0.4, -0.2) is 41.3 Å². The number of benzene rings is 3. The molecule has 0 saturated heterocycles. The predicted octanol–water partition coefficient (Wildman–Crippen LogP) is 2.29. The first-order valence-electron chi connectivity index (χ1n) is 9.23. The van der Waals surface area contributed by atoms with Crippen molar-refractivity contribution in [2.24, 2.45) is 0 Å². The topological polar surface area (TPSA) is 40.5 Å². The van der Waals surface area contributed by atoms with Gasteiger partial charge in [-0.2, -0.15) is 0 Å². The summed E-state index contributed by atoms with van der Waals surface area (Å²) in [5.41, 5.74) is 0. The predicted molar refractivity (Wildman–Crippen MR) is 111 cm³/mol. The van der Waals surface area contributed by atoms with Crippen LogP contribution in [0.25, 0.3) is 0 Å². The Balaban J connectivity index is 2.11. The Morgan fingerprint density at radius 1 is 0.654 bits per heavy atom. The van der Waals surface area contributed by atoms with Crippen LogP contribution in [0.2, 0.25) is 4.44 Å². The molecule has 0 fully saturated rings. The van der Waals surface area contributed by atoms with Crippen LogP contribution < -0.4 is 10.7 Å². The van der Waals surface area contributed by atoms with Gasteiger partial charge in [-0.1, -0.05) is 0 Å². The molecular weight excluding hydrogens is 427 g/mol. The standard InChI is InChI=1S/3C6H5.C5H11O2.Sn/c3*1-2-4-6-5-3-1;1-2-3-5(7)4-6;/h3*1-5H;5-7H,1-4H2;. The first-order chi connectivity index (χ1) is 12.8. The Morgan fingerprint density at radius 3 is 1.38 bits per heavy atom. The summed E-state index contributed by atoms with van der Waals surface area (Å²) in [5, 5.41) is 19.0. The van der Waals surface area contributed by atoms with Crippen molar-refractivity contribution >= 4 is 29.1 Å². The molecule has 0 aliphatic heterocycles. The third-order valence-corrected chi connectivity index (χ3v) is 19.5. The molecule has 3 aromatic carbocycles. The van der Waals surface area contributed by atoms with E-state index in [-0.39, 0.29) is 6.61 Å². The van der Waals surface area contributed by atoms with E-state index >= 15 is 0 Å². The molecule has 0 radical (unpaired) electrons. The molecule has 0 aromatic heterocycles. The van der Waals surface area contributed by atoms with E-state index in [9.17, 15) is 10.2 Å². The average molecular weight is 453 g/mol. The van der Waals surface area contributed by atoms with Gasteiger partial charge < -0.3 is 0 Å². The van der Waals surface area contributed by atoms with Gasteiger partial charge in [-0.25, -0.2) is 0 Å². The Morgan fingerprint density at radius 2 is 1.04 bits per heavy atom. The zero-order chi connectivity index (χ0) is 18.2. The fourth-order valence-electron chi connectivity index (χ4n) is 3.80. The van der Waals surface area contributed by atoms with Crippen molar-refractivity contribution in [2.75, 3.05) is 6.61 Å². The third kappa shape index (κ3) is 4.19. The maximum atomic E-state index is 9.84. The normalized spacial score (nSPS) is 12.7. The Kier molecular flexibility index (Phi) is 6.89. The second-order valence-electron chi connectivity index (χ2n) is 6.73. The van der Waals surface area contributed by atoms with Gasteiger partial charge in [0, 0.05) is 0 Å². The van der Waals surface area contributed by atoms with Crippen LogP contribution >= 0.6 is 0 Å². The maximum absolute atomic E-state index is 9.84. The van der Waals surface area contributed by atoms with Crippen molar-refractivity contribution in [1.82, 2.24) is 0 Å². The van der Waals surface area contributed by atoms with Gasteiger partial charge in [-0.3, -0.25) is 0 Å². The molecule has 0 saturated carbocycles. The van der Waals surface area contributed by atoms with Gasteiger partial charge in [0.1, 0.15) is 0 Å². The fraction of sp³-hybridized carbons (Fsp3) is 0.217. The minimum atomic E-state index is -3.18. The second kappa shape index (κ2) is 9.35. The molecule has 1 unspecified atom stereocenters. The molecule has 0 spiro atoms. The van der Waals surface area contributed by atoms with Gasteiger partial charge in [0.25, 0.3) is 0 Å². The number of aliphatic hydroxyl groups excluding tert-OH is 2. The second-order valence-corrected chi connectivity index (χ2v) is 18.3. The van der Waals surface area contributed by atoms with Gasteiger partial charge >= 0.3 is 160 Å². The van der Waals surface area contributed by atoms with E-state index in [2.05, 4.69) is 91.0 Å². The van der Waals surface area contributed by atoms with E-state index in [4.69, 9.17) is 0 Å². The molecule has 3 rings (SSSR count). The molecule has 3 heteroatoms. The summed E-state index contributed by atoms with van der Waals surface area (Å²) in [6.07, 6.45) is 0.930. The molecule has 26 heavy (non-hydrogen) atoms. The zero-order valence-electron chi connectivity index (χ0n) is 15.0. The van der Waals surface area contributed by atoms with Gasteiger partial charge in [0.2, 0.25) is 0 Å². The summed E-state index contributed by atoms with van der Waals surface area (Å²) in [6, 6.07) is 32.7. The van der Waals surface area contributed by atoms with E-state index in [1.54, 1.807) is 0 Å². The van der Waals surface area contributed by atoms with Crippen LogP contribution in [0, 0.1) is 0 Å². The molecule has 2 N–H and O–H groups in total. The molecule has 0 aliphatic rings. The van der Waals surface area contributed by atoms with E-state index < -0.39 is 24.5 Å². The van der Waals surface area contributed by atoms with E-state index in [1.807, 2.05) is 0 Å². The Hall–Kier alpha value is -1.62. The van der Waals surface area contributed by atoms with Crippen LogP contribution in [0.1, 0.15) is 12.8 Å². The van der Waals surface area contributed by atoms with Crippen LogP contribution in [-0.2, 0) is 0 Å². The zero-order valence-corrected chi connectivity index (χ0v) is 17.8.